The van der Waals surface area contributed by atoms with E-state index >= 15 is 0 Å². The van der Waals surface area contributed by atoms with Gasteiger partial charge in [-0.3, -0.25) is 0 Å². The van der Waals surface area contributed by atoms with E-state index in [0.717, 1.165) is 5.56 Å². The summed E-state index contributed by atoms with van der Waals surface area (Å²) in [6.07, 6.45) is 1.74. The molecule has 0 fully saturated rings. The topological polar surface area (TPSA) is 31.4 Å². The molecule has 1 aromatic rings. The number of nitrogens with zero attached hydrogens (tertiary/aromatic N) is 1. The van der Waals surface area contributed by atoms with E-state index in [1.165, 1.54) is 0 Å². The smallest absolute Gasteiger partial charge is 0.256 e. The molecule has 0 amide bonds. The molecule has 0 aromatic carbocycles. The number of methoxy groups -OCH3 is 2. The highest BCUT2D eigenvalue weighted by atomic mass is 16.5. The summed E-state index contributed by atoms with van der Waals surface area (Å²) in [4.78, 5) is 4.02. The number of aryl methyl sites for hydroxylation is 1. The second-order valence-corrected chi connectivity index (χ2v) is 2.22. The van der Waals surface area contributed by atoms with Crippen LogP contribution in [0.15, 0.2) is 25.4 Å². The summed E-state index contributed by atoms with van der Waals surface area (Å²) in [5.41, 5.74) is 1.06. The highest BCUT2D eigenvalue weighted by Gasteiger charge is 2.02. The average molecular weight is 181 g/mol. The standard InChI is InChI=1S/C8H11NO2.C2H4/c1-6-4-7(10-2)8(11-3)9-5-6;1-2/h4-5H,1-3H3;1-2H2. The summed E-state index contributed by atoms with van der Waals surface area (Å²) >= 11 is 0. The first-order chi connectivity index (χ1) is 6.27. The lowest BCUT2D eigenvalue weighted by Crippen LogP contribution is -1.93. The van der Waals surface area contributed by atoms with Crippen LogP contribution in [0.5, 0.6) is 11.6 Å². The van der Waals surface area contributed by atoms with Gasteiger partial charge < -0.3 is 9.47 Å². The fraction of sp³-hybridized carbons (Fsp3) is 0.300. The Morgan fingerprint density at radius 1 is 1.23 bits per heavy atom. The Labute approximate surface area is 79.0 Å². The molecule has 0 atom stereocenters. The number of rotatable bonds is 2. The van der Waals surface area contributed by atoms with Crippen molar-refractivity contribution in [1.29, 1.82) is 0 Å². The molecule has 0 aliphatic heterocycles. The van der Waals surface area contributed by atoms with Gasteiger partial charge in [0.05, 0.1) is 14.2 Å². The van der Waals surface area contributed by atoms with Crippen LogP contribution in [0.3, 0.4) is 0 Å². The zero-order valence-corrected chi connectivity index (χ0v) is 8.33. The van der Waals surface area contributed by atoms with Crippen LogP contribution in [0.4, 0.5) is 0 Å². The van der Waals surface area contributed by atoms with Crippen molar-refractivity contribution < 1.29 is 9.47 Å². The fourth-order valence-corrected chi connectivity index (χ4v) is 0.829. The summed E-state index contributed by atoms with van der Waals surface area (Å²) in [5, 5.41) is 0. The highest BCUT2D eigenvalue weighted by molar-refractivity contribution is 5.35. The van der Waals surface area contributed by atoms with Crippen molar-refractivity contribution in [3.05, 3.63) is 31.0 Å². The van der Waals surface area contributed by atoms with Gasteiger partial charge in [-0.1, -0.05) is 0 Å². The third-order valence-corrected chi connectivity index (χ3v) is 1.37. The van der Waals surface area contributed by atoms with Crippen molar-refractivity contribution >= 4 is 0 Å². The largest absolute Gasteiger partial charge is 0.491 e. The maximum absolute atomic E-state index is 5.03. The van der Waals surface area contributed by atoms with Crippen LogP contribution in [0.25, 0.3) is 0 Å². The van der Waals surface area contributed by atoms with E-state index in [1.807, 2.05) is 13.0 Å². The van der Waals surface area contributed by atoms with E-state index in [-0.39, 0.29) is 0 Å². The van der Waals surface area contributed by atoms with E-state index in [4.69, 9.17) is 9.47 Å². The summed E-state index contributed by atoms with van der Waals surface area (Å²) < 4.78 is 9.98. The minimum absolute atomic E-state index is 0.526. The first-order valence-corrected chi connectivity index (χ1v) is 3.82. The zero-order valence-electron chi connectivity index (χ0n) is 8.33. The molecule has 3 heteroatoms. The molecule has 0 aliphatic rings. The molecule has 0 bridgehead atoms. The summed E-state index contributed by atoms with van der Waals surface area (Å²) in [6, 6.07) is 1.88. The third-order valence-electron chi connectivity index (χ3n) is 1.37. The van der Waals surface area contributed by atoms with Crippen LogP contribution in [-0.4, -0.2) is 19.2 Å². The summed E-state index contributed by atoms with van der Waals surface area (Å²) in [7, 11) is 3.17. The molecule has 0 spiro atoms. The van der Waals surface area contributed by atoms with Gasteiger partial charge in [-0.25, -0.2) is 4.98 Å². The Morgan fingerprint density at radius 3 is 2.31 bits per heavy atom. The van der Waals surface area contributed by atoms with Crippen molar-refractivity contribution in [2.24, 2.45) is 0 Å². The minimum atomic E-state index is 0.526. The second-order valence-electron chi connectivity index (χ2n) is 2.22. The predicted octanol–water partition coefficient (Wildman–Crippen LogP) is 2.21. The van der Waals surface area contributed by atoms with E-state index in [2.05, 4.69) is 18.1 Å². The van der Waals surface area contributed by atoms with E-state index in [1.54, 1.807) is 20.4 Å². The number of hydrogen-bond acceptors (Lipinski definition) is 3. The molecule has 0 saturated heterocycles. The van der Waals surface area contributed by atoms with Crippen LogP contribution in [0.2, 0.25) is 0 Å². The van der Waals surface area contributed by atoms with Crippen molar-refractivity contribution in [3.63, 3.8) is 0 Å². The van der Waals surface area contributed by atoms with Gasteiger partial charge in [0.2, 0.25) is 0 Å². The van der Waals surface area contributed by atoms with Gasteiger partial charge in [0.1, 0.15) is 0 Å². The van der Waals surface area contributed by atoms with Crippen LogP contribution >= 0.6 is 0 Å². The first-order valence-electron chi connectivity index (χ1n) is 3.82. The predicted molar refractivity (Wildman–Crippen MR) is 53.3 cm³/mol. The third kappa shape index (κ3) is 3.15. The van der Waals surface area contributed by atoms with Crippen LogP contribution in [0, 0.1) is 6.92 Å². The van der Waals surface area contributed by atoms with Crippen LogP contribution < -0.4 is 9.47 Å². The molecule has 72 valence electrons. The lowest BCUT2D eigenvalue weighted by molar-refractivity contribution is 0.342. The van der Waals surface area contributed by atoms with Crippen molar-refractivity contribution in [1.82, 2.24) is 4.98 Å². The number of aromatic nitrogens is 1. The lowest BCUT2D eigenvalue weighted by Gasteiger charge is -2.05. The van der Waals surface area contributed by atoms with Gasteiger partial charge in [0, 0.05) is 6.20 Å². The van der Waals surface area contributed by atoms with Gasteiger partial charge in [0.25, 0.3) is 5.88 Å². The Bertz CT molecular complexity index is 261. The molecular formula is C10H15NO2. The Morgan fingerprint density at radius 2 is 1.85 bits per heavy atom. The van der Waals surface area contributed by atoms with E-state index in [0.29, 0.717) is 11.6 Å². The molecule has 1 heterocycles. The molecule has 3 nitrogen and oxygen atoms in total. The minimum Gasteiger partial charge on any atom is -0.491 e. The molecular weight excluding hydrogens is 166 g/mol. The number of hydrogen-bond donors (Lipinski definition) is 0. The molecule has 0 unspecified atom stereocenters. The Kier molecular flexibility index (Phi) is 5.35. The lowest BCUT2D eigenvalue weighted by atomic mass is 10.3. The molecule has 1 aromatic heterocycles. The summed E-state index contributed by atoms with van der Waals surface area (Å²) in [6.45, 7) is 7.95. The molecule has 0 N–H and O–H groups in total. The zero-order chi connectivity index (χ0) is 10.3. The maximum Gasteiger partial charge on any atom is 0.256 e. The fourth-order valence-electron chi connectivity index (χ4n) is 0.829. The van der Waals surface area contributed by atoms with Gasteiger partial charge in [-0.05, 0) is 18.6 Å². The van der Waals surface area contributed by atoms with E-state index in [9.17, 15) is 0 Å². The Hall–Kier alpha value is -1.51. The molecule has 13 heavy (non-hydrogen) atoms. The quantitative estimate of drug-likeness (QED) is 0.655. The highest BCUT2D eigenvalue weighted by Crippen LogP contribution is 2.23. The number of ether oxygens (including phenoxy) is 2. The van der Waals surface area contributed by atoms with Gasteiger partial charge in [-0.15, -0.1) is 13.2 Å². The Balaban J connectivity index is 0.000000671. The van der Waals surface area contributed by atoms with Gasteiger partial charge in [0.15, 0.2) is 5.75 Å². The van der Waals surface area contributed by atoms with Crippen molar-refractivity contribution in [2.75, 3.05) is 14.2 Å². The molecule has 0 radical (unpaired) electrons. The van der Waals surface area contributed by atoms with Crippen LogP contribution in [-0.2, 0) is 0 Å². The SMILES string of the molecule is C=C.COc1cc(C)cnc1OC. The van der Waals surface area contributed by atoms with Gasteiger partial charge in [-0.2, -0.15) is 0 Å². The average Bonchev–Trinajstić information content (AvgIpc) is 2.20. The van der Waals surface area contributed by atoms with Crippen LogP contribution in [0.1, 0.15) is 5.56 Å². The molecule has 0 saturated carbocycles. The normalized spacial score (nSPS) is 8.23. The van der Waals surface area contributed by atoms with Crippen molar-refractivity contribution in [2.45, 2.75) is 6.92 Å². The second kappa shape index (κ2) is 6.06. The van der Waals surface area contributed by atoms with Crippen molar-refractivity contribution in [3.8, 4) is 11.6 Å². The first kappa shape index (κ1) is 11.5. The van der Waals surface area contributed by atoms with E-state index < -0.39 is 0 Å². The maximum atomic E-state index is 5.03. The van der Waals surface area contributed by atoms with Gasteiger partial charge >= 0.3 is 0 Å². The molecule has 1 rings (SSSR count). The molecule has 0 aliphatic carbocycles. The summed E-state index contributed by atoms with van der Waals surface area (Å²) in [5.74, 6) is 1.20. The monoisotopic (exact) mass is 181 g/mol. The number of pyridine rings is 1.